The fourth-order valence-corrected chi connectivity index (χ4v) is 2.70. The third-order valence-electron chi connectivity index (χ3n) is 4.06. The Balaban J connectivity index is 1.77. The van der Waals surface area contributed by atoms with Crippen LogP contribution in [0.2, 0.25) is 0 Å². The number of esters is 1. The van der Waals surface area contributed by atoms with Gasteiger partial charge in [-0.15, -0.1) is 0 Å². The Kier molecular flexibility index (Phi) is 5.58. The van der Waals surface area contributed by atoms with E-state index in [4.69, 9.17) is 9.47 Å². The van der Waals surface area contributed by atoms with Crippen LogP contribution in [0.15, 0.2) is 48.8 Å². The standard InChI is InChI=1S/C20H21N3O5/c1-4-18(20(24)27-13(2)3)28-16-8-5-14(6-9-16)17-12-22-11-15(23(25)26)7-10-19(22)21-17/h5-13,18H,4H2,1-3H3. The first kappa shape index (κ1) is 19.3. The van der Waals surface area contributed by atoms with E-state index in [1.54, 1.807) is 42.6 Å². The number of rotatable bonds is 7. The highest BCUT2D eigenvalue weighted by molar-refractivity contribution is 5.75. The second-order valence-electron chi connectivity index (χ2n) is 6.56. The summed E-state index contributed by atoms with van der Waals surface area (Å²) < 4.78 is 12.6. The van der Waals surface area contributed by atoms with Crippen LogP contribution in [0, 0.1) is 10.1 Å². The summed E-state index contributed by atoms with van der Waals surface area (Å²) in [6.45, 7) is 5.45. The third-order valence-corrected chi connectivity index (χ3v) is 4.06. The van der Waals surface area contributed by atoms with Crippen molar-refractivity contribution in [2.45, 2.75) is 39.4 Å². The van der Waals surface area contributed by atoms with Gasteiger partial charge in [0, 0.05) is 17.8 Å². The molecule has 0 N–H and O–H groups in total. The summed E-state index contributed by atoms with van der Waals surface area (Å²) in [6, 6.07) is 10.2. The summed E-state index contributed by atoms with van der Waals surface area (Å²) in [5.41, 5.74) is 2.12. The average Bonchev–Trinajstić information content (AvgIpc) is 3.09. The summed E-state index contributed by atoms with van der Waals surface area (Å²) in [4.78, 5) is 27.0. The Bertz CT molecular complexity index is 995. The number of hydrogen-bond acceptors (Lipinski definition) is 6. The fraction of sp³-hybridized carbons (Fsp3) is 0.300. The van der Waals surface area contributed by atoms with E-state index in [1.807, 2.05) is 19.1 Å². The van der Waals surface area contributed by atoms with Crippen LogP contribution < -0.4 is 4.74 Å². The molecule has 0 saturated carbocycles. The highest BCUT2D eigenvalue weighted by Crippen LogP contribution is 2.24. The maximum absolute atomic E-state index is 12.0. The molecule has 0 aliphatic heterocycles. The number of nitrogens with zero attached hydrogens (tertiary/aromatic N) is 3. The molecular weight excluding hydrogens is 362 g/mol. The number of fused-ring (bicyclic) bond motifs is 1. The van der Waals surface area contributed by atoms with Crippen molar-refractivity contribution in [3.8, 4) is 17.0 Å². The molecule has 0 amide bonds. The number of pyridine rings is 1. The summed E-state index contributed by atoms with van der Waals surface area (Å²) in [7, 11) is 0. The zero-order valence-corrected chi connectivity index (χ0v) is 15.9. The maximum Gasteiger partial charge on any atom is 0.347 e. The second kappa shape index (κ2) is 8.08. The molecule has 2 aromatic heterocycles. The van der Waals surface area contributed by atoms with Gasteiger partial charge in [0.1, 0.15) is 11.4 Å². The van der Waals surface area contributed by atoms with Crippen LogP contribution in [0.4, 0.5) is 5.69 Å². The first-order chi connectivity index (χ1) is 13.4. The first-order valence-corrected chi connectivity index (χ1v) is 8.98. The molecule has 0 aliphatic rings. The molecule has 3 rings (SSSR count). The second-order valence-corrected chi connectivity index (χ2v) is 6.56. The summed E-state index contributed by atoms with van der Waals surface area (Å²) in [5, 5.41) is 10.9. The van der Waals surface area contributed by atoms with Gasteiger partial charge in [-0.05, 0) is 50.6 Å². The molecule has 1 unspecified atom stereocenters. The molecule has 8 nitrogen and oxygen atoms in total. The van der Waals surface area contributed by atoms with Crippen LogP contribution in [-0.2, 0) is 9.53 Å². The molecular formula is C20H21N3O5. The molecule has 8 heteroatoms. The molecule has 28 heavy (non-hydrogen) atoms. The van der Waals surface area contributed by atoms with Crippen molar-refractivity contribution in [1.82, 2.24) is 9.38 Å². The van der Waals surface area contributed by atoms with E-state index in [0.29, 0.717) is 23.5 Å². The Hall–Kier alpha value is -3.42. The van der Waals surface area contributed by atoms with E-state index < -0.39 is 11.0 Å². The lowest BCUT2D eigenvalue weighted by atomic mass is 10.1. The monoisotopic (exact) mass is 383 g/mol. The molecule has 0 aliphatic carbocycles. The van der Waals surface area contributed by atoms with E-state index in [9.17, 15) is 14.9 Å². The van der Waals surface area contributed by atoms with E-state index in [0.717, 1.165) is 5.56 Å². The molecule has 0 spiro atoms. The van der Waals surface area contributed by atoms with Gasteiger partial charge < -0.3 is 9.47 Å². The minimum atomic E-state index is -0.663. The van der Waals surface area contributed by atoms with Gasteiger partial charge in [-0.3, -0.25) is 14.5 Å². The van der Waals surface area contributed by atoms with E-state index >= 15 is 0 Å². The molecule has 146 valence electrons. The number of ether oxygens (including phenoxy) is 2. The van der Waals surface area contributed by atoms with Crippen molar-refractivity contribution in [1.29, 1.82) is 0 Å². The zero-order valence-electron chi connectivity index (χ0n) is 15.9. The molecule has 3 aromatic rings. The Morgan fingerprint density at radius 2 is 1.89 bits per heavy atom. The van der Waals surface area contributed by atoms with Crippen LogP contribution >= 0.6 is 0 Å². The van der Waals surface area contributed by atoms with Gasteiger partial charge in [0.05, 0.1) is 22.9 Å². The predicted molar refractivity (Wildman–Crippen MR) is 103 cm³/mol. The van der Waals surface area contributed by atoms with Crippen molar-refractivity contribution in [3.63, 3.8) is 0 Å². The van der Waals surface area contributed by atoms with Gasteiger partial charge in [-0.2, -0.15) is 0 Å². The number of aromatic nitrogens is 2. The summed E-state index contributed by atoms with van der Waals surface area (Å²) in [6.07, 6.45) is 2.79. The normalized spacial score (nSPS) is 12.1. The quantitative estimate of drug-likeness (QED) is 0.347. The highest BCUT2D eigenvalue weighted by atomic mass is 16.6. The minimum absolute atomic E-state index is 0.000843. The fourth-order valence-electron chi connectivity index (χ4n) is 2.70. The lowest BCUT2D eigenvalue weighted by molar-refractivity contribution is -0.385. The van der Waals surface area contributed by atoms with Gasteiger partial charge in [0.15, 0.2) is 6.10 Å². The van der Waals surface area contributed by atoms with Crippen LogP contribution in [0.1, 0.15) is 27.2 Å². The minimum Gasteiger partial charge on any atom is -0.479 e. The number of imidazole rings is 1. The molecule has 0 radical (unpaired) electrons. The predicted octanol–water partition coefficient (Wildman–Crippen LogP) is 4.02. The van der Waals surface area contributed by atoms with Crippen LogP contribution in [-0.4, -0.2) is 32.5 Å². The Labute approximate surface area is 161 Å². The maximum atomic E-state index is 12.0. The van der Waals surface area contributed by atoms with Crippen molar-refractivity contribution in [2.75, 3.05) is 0 Å². The molecule has 2 heterocycles. The van der Waals surface area contributed by atoms with E-state index in [-0.39, 0.29) is 17.8 Å². The average molecular weight is 383 g/mol. The smallest absolute Gasteiger partial charge is 0.347 e. The number of carbonyl (C=O) groups excluding carboxylic acids is 1. The third kappa shape index (κ3) is 4.28. The summed E-state index contributed by atoms with van der Waals surface area (Å²) in [5.74, 6) is 0.166. The molecule has 0 saturated heterocycles. The molecule has 1 aromatic carbocycles. The highest BCUT2D eigenvalue weighted by Gasteiger charge is 2.21. The van der Waals surface area contributed by atoms with Crippen molar-refractivity contribution >= 4 is 17.3 Å². The molecule has 1 atom stereocenters. The lowest BCUT2D eigenvalue weighted by Crippen LogP contribution is -2.30. The van der Waals surface area contributed by atoms with E-state index in [2.05, 4.69) is 4.98 Å². The number of carbonyl (C=O) groups is 1. The van der Waals surface area contributed by atoms with Gasteiger partial charge in [0.2, 0.25) is 0 Å². The Morgan fingerprint density at radius 3 is 2.50 bits per heavy atom. The van der Waals surface area contributed by atoms with Gasteiger partial charge in [-0.25, -0.2) is 9.78 Å². The van der Waals surface area contributed by atoms with Crippen LogP contribution in [0.3, 0.4) is 0 Å². The molecule has 0 fully saturated rings. The lowest BCUT2D eigenvalue weighted by Gasteiger charge is -2.18. The SMILES string of the molecule is CCC(Oc1ccc(-c2cn3cc([N+](=O)[O-])ccc3n2)cc1)C(=O)OC(C)C. The van der Waals surface area contributed by atoms with Crippen molar-refractivity contribution in [3.05, 3.63) is 58.9 Å². The van der Waals surface area contributed by atoms with Crippen molar-refractivity contribution < 1.29 is 19.2 Å². The number of hydrogen-bond donors (Lipinski definition) is 0. The Morgan fingerprint density at radius 1 is 1.18 bits per heavy atom. The topological polar surface area (TPSA) is 96.0 Å². The summed E-state index contributed by atoms with van der Waals surface area (Å²) >= 11 is 0. The van der Waals surface area contributed by atoms with Crippen LogP contribution in [0.5, 0.6) is 5.75 Å². The number of benzene rings is 1. The number of nitro groups is 1. The van der Waals surface area contributed by atoms with E-state index in [1.165, 1.54) is 12.3 Å². The van der Waals surface area contributed by atoms with Gasteiger partial charge in [0.25, 0.3) is 5.69 Å². The molecule has 0 bridgehead atoms. The van der Waals surface area contributed by atoms with Gasteiger partial charge >= 0.3 is 5.97 Å². The van der Waals surface area contributed by atoms with Crippen molar-refractivity contribution in [2.24, 2.45) is 0 Å². The first-order valence-electron chi connectivity index (χ1n) is 8.98. The van der Waals surface area contributed by atoms with Gasteiger partial charge in [-0.1, -0.05) is 6.92 Å². The zero-order chi connectivity index (χ0) is 20.3. The van der Waals surface area contributed by atoms with Crippen LogP contribution in [0.25, 0.3) is 16.9 Å². The largest absolute Gasteiger partial charge is 0.479 e.